The molecule has 6 rings (SSSR count). The Bertz CT molecular complexity index is 740. The van der Waals surface area contributed by atoms with E-state index < -0.39 is 0 Å². The van der Waals surface area contributed by atoms with E-state index in [0.717, 1.165) is 24.8 Å². The molecule has 0 spiro atoms. The van der Waals surface area contributed by atoms with Crippen molar-refractivity contribution in [3.05, 3.63) is 23.8 Å². The number of benzene rings is 1. The summed E-state index contributed by atoms with van der Waals surface area (Å²) in [6, 6.07) is 5.51. The number of ether oxygens (including phenoxy) is 2. The quantitative estimate of drug-likeness (QED) is 0.801. The second-order valence-electron chi connectivity index (χ2n) is 8.85. The Morgan fingerprint density at radius 1 is 0.926 bits per heavy atom. The minimum absolute atomic E-state index is 0.0112. The van der Waals surface area contributed by atoms with Gasteiger partial charge in [0, 0.05) is 0 Å². The van der Waals surface area contributed by atoms with Gasteiger partial charge in [0.05, 0.1) is 11.8 Å². The van der Waals surface area contributed by atoms with Gasteiger partial charge in [-0.2, -0.15) is 0 Å². The van der Waals surface area contributed by atoms with Crippen LogP contribution in [0.4, 0.5) is 0 Å². The smallest absolute Gasteiger partial charge is 0.244 e. The first-order valence-electron chi connectivity index (χ1n) is 10.1. The molecular weight excluding hydrogens is 344 g/mol. The molecule has 4 bridgehead atoms. The van der Waals surface area contributed by atoms with Gasteiger partial charge in [0.25, 0.3) is 0 Å². The number of amides is 2. The lowest BCUT2D eigenvalue weighted by Crippen LogP contribution is -2.56. The number of carbonyl (C=O) groups excluding carboxylic acids is 2. The summed E-state index contributed by atoms with van der Waals surface area (Å²) in [5, 5.41) is 0. The van der Waals surface area contributed by atoms with Gasteiger partial charge in [0.2, 0.25) is 11.8 Å². The molecule has 0 unspecified atom stereocenters. The van der Waals surface area contributed by atoms with Crippen molar-refractivity contribution in [2.75, 3.05) is 13.2 Å². The maximum Gasteiger partial charge on any atom is 0.244 e. The van der Waals surface area contributed by atoms with Crippen LogP contribution in [-0.2, 0) is 16.0 Å². The first kappa shape index (κ1) is 16.9. The van der Waals surface area contributed by atoms with E-state index in [4.69, 9.17) is 9.47 Å². The van der Waals surface area contributed by atoms with Gasteiger partial charge in [-0.05, 0) is 74.0 Å². The van der Waals surface area contributed by atoms with E-state index in [1.54, 1.807) is 0 Å². The number of rotatable bonds is 3. The normalized spacial score (nSPS) is 32.8. The van der Waals surface area contributed by atoms with Crippen LogP contribution in [-0.4, -0.2) is 25.0 Å². The molecule has 6 heteroatoms. The number of fused-ring (bicyclic) bond motifs is 1. The third-order valence-electron chi connectivity index (χ3n) is 6.81. The molecule has 4 fully saturated rings. The molecule has 6 nitrogen and oxygen atoms in total. The van der Waals surface area contributed by atoms with Crippen LogP contribution in [0.15, 0.2) is 18.2 Å². The van der Waals surface area contributed by atoms with Crippen LogP contribution in [0.5, 0.6) is 11.5 Å². The molecule has 4 aliphatic carbocycles. The van der Waals surface area contributed by atoms with Crippen molar-refractivity contribution in [2.45, 2.75) is 44.9 Å². The van der Waals surface area contributed by atoms with E-state index in [1.165, 1.54) is 19.3 Å². The maximum absolute atomic E-state index is 12.9. The van der Waals surface area contributed by atoms with E-state index in [9.17, 15) is 9.59 Å². The molecule has 0 saturated heterocycles. The molecule has 4 saturated carbocycles. The lowest BCUT2D eigenvalue weighted by Gasteiger charge is -2.55. The van der Waals surface area contributed by atoms with Crippen LogP contribution in [0.2, 0.25) is 0 Å². The fourth-order valence-electron chi connectivity index (χ4n) is 6.08. The molecule has 2 N–H and O–H groups in total. The molecule has 0 radical (unpaired) electrons. The van der Waals surface area contributed by atoms with E-state index in [2.05, 4.69) is 10.9 Å². The summed E-state index contributed by atoms with van der Waals surface area (Å²) in [5.74, 6) is 3.29. The molecule has 0 atom stereocenters. The predicted octanol–water partition coefficient (Wildman–Crippen LogP) is 2.36. The Labute approximate surface area is 159 Å². The van der Waals surface area contributed by atoms with E-state index in [1.807, 2.05) is 18.2 Å². The monoisotopic (exact) mass is 370 g/mol. The van der Waals surface area contributed by atoms with Crippen LogP contribution >= 0.6 is 0 Å². The van der Waals surface area contributed by atoms with Gasteiger partial charge in [0.1, 0.15) is 13.2 Å². The SMILES string of the molecule is O=C(Cc1ccc2c(c1)OCCO2)NNC(=O)C12CC3CC(CC(C3)C1)C2. The third kappa shape index (κ3) is 3.15. The first-order valence-corrected chi connectivity index (χ1v) is 10.1. The molecule has 1 aromatic carbocycles. The molecule has 1 aromatic rings. The first-order chi connectivity index (χ1) is 13.1. The van der Waals surface area contributed by atoms with Crippen LogP contribution in [0.1, 0.15) is 44.1 Å². The average Bonchev–Trinajstić information content (AvgIpc) is 2.65. The van der Waals surface area contributed by atoms with Crippen molar-refractivity contribution in [1.82, 2.24) is 10.9 Å². The summed E-state index contributed by atoms with van der Waals surface area (Å²) in [5.41, 5.74) is 5.94. The largest absolute Gasteiger partial charge is 0.486 e. The standard InChI is InChI=1S/C21H26N2O4/c24-19(9-13-1-2-17-18(8-13)27-4-3-26-17)22-23-20(25)21-10-14-5-15(11-21)7-16(6-14)12-21/h1-2,8,14-16H,3-7,9-12H2,(H,22,24)(H,23,25). The molecule has 1 heterocycles. The van der Waals surface area contributed by atoms with Crippen molar-refractivity contribution < 1.29 is 19.1 Å². The summed E-state index contributed by atoms with van der Waals surface area (Å²) in [6.07, 6.45) is 7.04. The highest BCUT2D eigenvalue weighted by Crippen LogP contribution is 2.60. The zero-order valence-electron chi connectivity index (χ0n) is 15.5. The molecular formula is C21H26N2O4. The van der Waals surface area contributed by atoms with Gasteiger partial charge in [-0.1, -0.05) is 6.07 Å². The fraction of sp³-hybridized carbons (Fsp3) is 0.619. The van der Waals surface area contributed by atoms with Gasteiger partial charge in [-0.15, -0.1) is 0 Å². The molecule has 27 heavy (non-hydrogen) atoms. The van der Waals surface area contributed by atoms with E-state index in [0.29, 0.717) is 42.5 Å². The highest BCUT2D eigenvalue weighted by atomic mass is 16.6. The summed E-state index contributed by atoms with van der Waals surface area (Å²) in [7, 11) is 0. The van der Waals surface area contributed by atoms with Gasteiger partial charge in [-0.25, -0.2) is 0 Å². The lowest BCUT2D eigenvalue weighted by atomic mass is 9.49. The van der Waals surface area contributed by atoms with Gasteiger partial charge in [-0.3, -0.25) is 20.4 Å². The fourth-order valence-corrected chi connectivity index (χ4v) is 6.08. The number of hydrogen-bond acceptors (Lipinski definition) is 4. The Hall–Kier alpha value is -2.24. The summed E-state index contributed by atoms with van der Waals surface area (Å²) in [4.78, 5) is 25.2. The van der Waals surface area contributed by atoms with Crippen molar-refractivity contribution in [3.63, 3.8) is 0 Å². The van der Waals surface area contributed by atoms with Crippen molar-refractivity contribution >= 4 is 11.8 Å². The molecule has 0 aromatic heterocycles. The van der Waals surface area contributed by atoms with Crippen LogP contribution in [0.25, 0.3) is 0 Å². The second kappa shape index (κ2) is 6.43. The topological polar surface area (TPSA) is 76.7 Å². The van der Waals surface area contributed by atoms with E-state index in [-0.39, 0.29) is 23.7 Å². The van der Waals surface area contributed by atoms with Crippen LogP contribution in [0.3, 0.4) is 0 Å². The van der Waals surface area contributed by atoms with E-state index >= 15 is 0 Å². The molecule has 144 valence electrons. The van der Waals surface area contributed by atoms with Crippen LogP contribution in [0, 0.1) is 23.2 Å². The Morgan fingerprint density at radius 3 is 2.22 bits per heavy atom. The van der Waals surface area contributed by atoms with Gasteiger partial charge < -0.3 is 9.47 Å². The minimum Gasteiger partial charge on any atom is -0.486 e. The Morgan fingerprint density at radius 2 is 1.56 bits per heavy atom. The summed E-state index contributed by atoms with van der Waals surface area (Å²) >= 11 is 0. The van der Waals surface area contributed by atoms with Crippen molar-refractivity contribution in [3.8, 4) is 11.5 Å². The van der Waals surface area contributed by atoms with Gasteiger partial charge >= 0.3 is 0 Å². The number of hydrogen-bond donors (Lipinski definition) is 2. The van der Waals surface area contributed by atoms with Crippen LogP contribution < -0.4 is 20.3 Å². The Kier molecular flexibility index (Phi) is 4.02. The third-order valence-corrected chi connectivity index (χ3v) is 6.81. The summed E-state index contributed by atoms with van der Waals surface area (Å²) in [6.45, 7) is 1.06. The van der Waals surface area contributed by atoms with Crippen molar-refractivity contribution in [1.29, 1.82) is 0 Å². The Balaban J connectivity index is 1.18. The number of hydrazine groups is 1. The highest BCUT2D eigenvalue weighted by Gasteiger charge is 2.54. The zero-order valence-corrected chi connectivity index (χ0v) is 15.5. The minimum atomic E-state index is -0.251. The lowest BCUT2D eigenvalue weighted by molar-refractivity contribution is -0.148. The van der Waals surface area contributed by atoms with Gasteiger partial charge in [0.15, 0.2) is 11.5 Å². The number of carbonyl (C=O) groups is 2. The summed E-state index contributed by atoms with van der Waals surface area (Å²) < 4.78 is 11.1. The molecule has 2 amide bonds. The van der Waals surface area contributed by atoms with Crippen molar-refractivity contribution in [2.24, 2.45) is 23.2 Å². The average molecular weight is 370 g/mol. The molecule has 1 aliphatic heterocycles. The number of nitrogens with one attached hydrogen (secondary N) is 2. The second-order valence-corrected chi connectivity index (χ2v) is 8.85. The maximum atomic E-state index is 12.9. The molecule has 5 aliphatic rings. The highest BCUT2D eigenvalue weighted by molar-refractivity contribution is 5.87. The predicted molar refractivity (Wildman–Crippen MR) is 98.0 cm³/mol. The zero-order chi connectivity index (χ0) is 18.4.